The molecule has 2 amide bonds. The molecule has 20 heavy (non-hydrogen) atoms. The molecule has 5 nitrogen and oxygen atoms in total. The molecule has 0 spiro atoms. The van der Waals surface area contributed by atoms with Gasteiger partial charge in [0.05, 0.1) is 6.04 Å². The van der Waals surface area contributed by atoms with Crippen LogP contribution in [0.4, 0.5) is 5.69 Å². The van der Waals surface area contributed by atoms with Crippen molar-refractivity contribution in [2.45, 2.75) is 25.8 Å². The number of rotatable bonds is 4. The molecule has 1 aromatic rings. The smallest absolute Gasteiger partial charge is 0.241 e. The molecule has 1 fully saturated rings. The van der Waals surface area contributed by atoms with E-state index in [1.54, 1.807) is 0 Å². The summed E-state index contributed by atoms with van der Waals surface area (Å²) < 4.78 is 0. The Morgan fingerprint density at radius 1 is 1.25 bits per heavy atom. The summed E-state index contributed by atoms with van der Waals surface area (Å²) in [4.78, 5) is 25.4. The van der Waals surface area contributed by atoms with Crippen molar-refractivity contribution in [1.29, 1.82) is 0 Å². The standard InChI is InChI=1S/C15H21N3O2/c1-11(15(20)17-13-5-3-2-4-6-13)18-9-7-12(8-10-18)14(16)19/h2-6,11-12H,7-10H2,1H3,(H2,16,19)(H,17,20)/t11-/m1/s1. The molecule has 5 heteroatoms. The molecule has 0 aliphatic carbocycles. The van der Waals surface area contributed by atoms with E-state index < -0.39 is 0 Å². The Labute approximate surface area is 119 Å². The SMILES string of the molecule is C[C@H](C(=O)Nc1ccccc1)N1CCC(C(N)=O)CC1. The lowest BCUT2D eigenvalue weighted by Crippen LogP contribution is -2.47. The normalized spacial score (nSPS) is 18.4. The van der Waals surface area contributed by atoms with Crippen LogP contribution >= 0.6 is 0 Å². The number of piperidine rings is 1. The van der Waals surface area contributed by atoms with Crippen LogP contribution in [-0.2, 0) is 9.59 Å². The molecule has 0 saturated carbocycles. The topological polar surface area (TPSA) is 75.4 Å². The Morgan fingerprint density at radius 3 is 2.40 bits per heavy atom. The number of primary amides is 1. The van der Waals surface area contributed by atoms with Crippen LogP contribution in [-0.4, -0.2) is 35.8 Å². The van der Waals surface area contributed by atoms with Gasteiger partial charge < -0.3 is 11.1 Å². The molecule has 1 saturated heterocycles. The minimum Gasteiger partial charge on any atom is -0.369 e. The first kappa shape index (κ1) is 14.5. The predicted molar refractivity (Wildman–Crippen MR) is 78.0 cm³/mol. The van der Waals surface area contributed by atoms with Crippen molar-refractivity contribution in [3.63, 3.8) is 0 Å². The van der Waals surface area contributed by atoms with Crippen LogP contribution in [0.2, 0.25) is 0 Å². The molecule has 3 N–H and O–H groups in total. The fourth-order valence-corrected chi connectivity index (χ4v) is 2.51. The Bertz CT molecular complexity index is 467. The number of hydrogen-bond donors (Lipinski definition) is 2. The van der Waals surface area contributed by atoms with Crippen molar-refractivity contribution in [1.82, 2.24) is 4.90 Å². The van der Waals surface area contributed by atoms with E-state index in [1.807, 2.05) is 37.3 Å². The third-order valence-corrected chi connectivity index (χ3v) is 3.90. The second-order valence-electron chi connectivity index (χ2n) is 5.24. The highest BCUT2D eigenvalue weighted by atomic mass is 16.2. The molecular formula is C15H21N3O2. The molecule has 1 aliphatic heterocycles. The van der Waals surface area contributed by atoms with Crippen molar-refractivity contribution >= 4 is 17.5 Å². The van der Waals surface area contributed by atoms with Gasteiger partial charge in [0.15, 0.2) is 0 Å². The number of carbonyl (C=O) groups excluding carboxylic acids is 2. The number of anilines is 1. The fraction of sp³-hybridized carbons (Fsp3) is 0.467. The Hall–Kier alpha value is -1.88. The van der Waals surface area contributed by atoms with Gasteiger partial charge in [-0.1, -0.05) is 18.2 Å². The van der Waals surface area contributed by atoms with Crippen molar-refractivity contribution in [2.24, 2.45) is 11.7 Å². The second kappa shape index (κ2) is 6.52. The van der Waals surface area contributed by atoms with Crippen molar-refractivity contribution in [2.75, 3.05) is 18.4 Å². The highest BCUT2D eigenvalue weighted by Gasteiger charge is 2.28. The zero-order valence-corrected chi connectivity index (χ0v) is 11.7. The molecule has 108 valence electrons. The van der Waals surface area contributed by atoms with E-state index in [4.69, 9.17) is 5.73 Å². The van der Waals surface area contributed by atoms with Crippen LogP contribution in [0.5, 0.6) is 0 Å². The van der Waals surface area contributed by atoms with Gasteiger partial charge in [-0.15, -0.1) is 0 Å². The van der Waals surface area contributed by atoms with E-state index in [1.165, 1.54) is 0 Å². The van der Waals surface area contributed by atoms with Crippen LogP contribution in [0, 0.1) is 5.92 Å². The number of benzene rings is 1. The maximum Gasteiger partial charge on any atom is 0.241 e. The average Bonchev–Trinajstić information content (AvgIpc) is 2.47. The molecule has 2 rings (SSSR count). The maximum absolute atomic E-state index is 12.2. The van der Waals surface area contributed by atoms with Gasteiger partial charge in [-0.05, 0) is 45.0 Å². The monoisotopic (exact) mass is 275 g/mol. The summed E-state index contributed by atoms with van der Waals surface area (Å²) in [6.07, 6.45) is 1.47. The molecule has 1 atom stereocenters. The molecular weight excluding hydrogens is 254 g/mol. The van der Waals surface area contributed by atoms with Gasteiger partial charge in [0.2, 0.25) is 11.8 Å². The molecule has 0 bridgehead atoms. The highest BCUT2D eigenvalue weighted by Crippen LogP contribution is 2.19. The van der Waals surface area contributed by atoms with E-state index >= 15 is 0 Å². The van der Waals surface area contributed by atoms with Gasteiger partial charge in [0, 0.05) is 11.6 Å². The van der Waals surface area contributed by atoms with Gasteiger partial charge in [0.1, 0.15) is 0 Å². The summed E-state index contributed by atoms with van der Waals surface area (Å²) in [5.74, 6) is -0.296. The zero-order chi connectivity index (χ0) is 14.5. The molecule has 0 aromatic heterocycles. The number of carbonyl (C=O) groups is 2. The third-order valence-electron chi connectivity index (χ3n) is 3.90. The molecule has 1 aromatic carbocycles. The van der Waals surface area contributed by atoms with Crippen LogP contribution in [0.3, 0.4) is 0 Å². The minimum atomic E-state index is -0.231. The number of amides is 2. The van der Waals surface area contributed by atoms with Crippen LogP contribution in [0.1, 0.15) is 19.8 Å². The quantitative estimate of drug-likeness (QED) is 0.867. The predicted octanol–water partition coefficient (Wildman–Crippen LogP) is 1.21. The number of nitrogens with one attached hydrogen (secondary N) is 1. The Kier molecular flexibility index (Phi) is 4.74. The summed E-state index contributed by atoms with van der Waals surface area (Å²) in [7, 11) is 0. The van der Waals surface area contributed by atoms with E-state index in [-0.39, 0.29) is 23.8 Å². The zero-order valence-electron chi connectivity index (χ0n) is 11.7. The largest absolute Gasteiger partial charge is 0.369 e. The highest BCUT2D eigenvalue weighted by molar-refractivity contribution is 5.94. The summed E-state index contributed by atoms with van der Waals surface area (Å²) in [5, 5.41) is 2.90. The molecule has 1 heterocycles. The molecule has 0 radical (unpaired) electrons. The van der Waals surface area contributed by atoms with Crippen LogP contribution in [0.25, 0.3) is 0 Å². The number of nitrogens with zero attached hydrogens (tertiary/aromatic N) is 1. The van der Waals surface area contributed by atoms with E-state index in [0.717, 1.165) is 31.6 Å². The maximum atomic E-state index is 12.2. The van der Waals surface area contributed by atoms with Gasteiger partial charge in [-0.25, -0.2) is 0 Å². The van der Waals surface area contributed by atoms with Gasteiger partial charge in [-0.2, -0.15) is 0 Å². The minimum absolute atomic E-state index is 0.0197. The average molecular weight is 275 g/mol. The van der Waals surface area contributed by atoms with E-state index in [0.29, 0.717) is 0 Å². The number of nitrogens with two attached hydrogens (primary N) is 1. The fourth-order valence-electron chi connectivity index (χ4n) is 2.51. The number of likely N-dealkylation sites (tertiary alicyclic amines) is 1. The summed E-state index contributed by atoms with van der Waals surface area (Å²) in [5.41, 5.74) is 6.12. The van der Waals surface area contributed by atoms with Gasteiger partial charge >= 0.3 is 0 Å². The van der Waals surface area contributed by atoms with Gasteiger partial charge in [-0.3, -0.25) is 14.5 Å². The van der Waals surface area contributed by atoms with E-state index in [9.17, 15) is 9.59 Å². The van der Waals surface area contributed by atoms with Crippen LogP contribution < -0.4 is 11.1 Å². The summed E-state index contributed by atoms with van der Waals surface area (Å²) in [6.45, 7) is 3.36. The lowest BCUT2D eigenvalue weighted by Gasteiger charge is -2.34. The Morgan fingerprint density at radius 2 is 1.85 bits per heavy atom. The molecule has 0 unspecified atom stereocenters. The van der Waals surface area contributed by atoms with Crippen molar-refractivity contribution < 1.29 is 9.59 Å². The summed E-state index contributed by atoms with van der Waals surface area (Å²) >= 11 is 0. The van der Waals surface area contributed by atoms with E-state index in [2.05, 4.69) is 10.2 Å². The lowest BCUT2D eigenvalue weighted by molar-refractivity contribution is -0.124. The second-order valence-corrected chi connectivity index (χ2v) is 5.24. The third kappa shape index (κ3) is 3.57. The lowest BCUT2D eigenvalue weighted by atomic mass is 9.95. The van der Waals surface area contributed by atoms with Gasteiger partial charge in [0.25, 0.3) is 0 Å². The Balaban J connectivity index is 1.87. The number of hydrogen-bond acceptors (Lipinski definition) is 3. The molecule has 1 aliphatic rings. The first-order valence-electron chi connectivity index (χ1n) is 6.97. The number of para-hydroxylation sites is 1. The first-order chi connectivity index (χ1) is 9.58. The van der Waals surface area contributed by atoms with Crippen molar-refractivity contribution in [3.05, 3.63) is 30.3 Å². The first-order valence-corrected chi connectivity index (χ1v) is 6.97. The summed E-state index contributed by atoms with van der Waals surface area (Å²) in [6, 6.07) is 9.21. The van der Waals surface area contributed by atoms with Crippen LogP contribution in [0.15, 0.2) is 30.3 Å². The van der Waals surface area contributed by atoms with Crippen molar-refractivity contribution in [3.8, 4) is 0 Å².